The third-order valence-electron chi connectivity index (χ3n) is 3.96. The van der Waals surface area contributed by atoms with Crippen molar-refractivity contribution in [2.24, 2.45) is 0 Å². The number of nitro benzene ring substituents is 1. The molecule has 0 N–H and O–H groups in total. The Hall–Kier alpha value is -3.80. The van der Waals surface area contributed by atoms with Crippen molar-refractivity contribution in [3.05, 3.63) is 100 Å². The lowest BCUT2D eigenvalue weighted by Gasteiger charge is -2.06. The van der Waals surface area contributed by atoms with E-state index in [1.54, 1.807) is 60.7 Å². The average Bonchev–Trinajstić information content (AvgIpc) is 2.72. The summed E-state index contributed by atoms with van der Waals surface area (Å²) in [5, 5.41) is 11.1. The number of benzene rings is 3. The molecule has 3 aromatic carbocycles. The van der Waals surface area contributed by atoms with Crippen LogP contribution in [0.3, 0.4) is 0 Å². The van der Waals surface area contributed by atoms with Gasteiger partial charge >= 0.3 is 5.97 Å². The molecule has 0 aliphatic heterocycles. The maximum atomic E-state index is 12.1. The molecule has 0 fully saturated rings. The molecule has 3 rings (SSSR count). The van der Waals surface area contributed by atoms with Gasteiger partial charge in [-0.15, -0.1) is 0 Å². The largest absolute Gasteiger partial charge is 0.454 e. The second-order valence-corrected chi connectivity index (χ2v) is 5.72. The topological polar surface area (TPSA) is 86.5 Å². The van der Waals surface area contributed by atoms with E-state index in [9.17, 15) is 19.7 Å². The van der Waals surface area contributed by atoms with E-state index in [4.69, 9.17) is 4.74 Å². The van der Waals surface area contributed by atoms with Crippen LogP contribution in [0.2, 0.25) is 0 Å². The molecule has 0 amide bonds. The third-order valence-corrected chi connectivity index (χ3v) is 3.96. The van der Waals surface area contributed by atoms with Crippen molar-refractivity contribution in [3.8, 4) is 11.1 Å². The van der Waals surface area contributed by atoms with Crippen LogP contribution >= 0.6 is 0 Å². The number of hydrogen-bond donors (Lipinski definition) is 0. The van der Waals surface area contributed by atoms with Gasteiger partial charge in [0, 0.05) is 11.6 Å². The Bertz CT molecular complexity index is 981. The molecule has 0 aliphatic carbocycles. The summed E-state index contributed by atoms with van der Waals surface area (Å²) < 4.78 is 5.06. The summed E-state index contributed by atoms with van der Waals surface area (Å²) in [6.45, 7) is -0.352. The Labute approximate surface area is 155 Å². The summed E-state index contributed by atoms with van der Waals surface area (Å²) >= 11 is 0. The van der Waals surface area contributed by atoms with Gasteiger partial charge in [-0.05, 0) is 23.8 Å². The fourth-order valence-corrected chi connectivity index (χ4v) is 2.58. The molecule has 0 atom stereocenters. The first-order valence-electron chi connectivity index (χ1n) is 8.15. The quantitative estimate of drug-likeness (QED) is 0.283. The van der Waals surface area contributed by atoms with Crippen LogP contribution in [0.1, 0.15) is 20.7 Å². The predicted octanol–water partition coefficient (Wildman–Crippen LogP) is 4.30. The summed E-state index contributed by atoms with van der Waals surface area (Å²) in [6.07, 6.45) is 0. The SMILES string of the molecule is O=C(COC(=O)c1ccc(-c2ccccc2[N+](=O)[O-])cc1)c1ccccc1. The van der Waals surface area contributed by atoms with Crippen LogP contribution in [0.5, 0.6) is 0 Å². The van der Waals surface area contributed by atoms with E-state index in [1.807, 2.05) is 0 Å². The van der Waals surface area contributed by atoms with Crippen molar-refractivity contribution in [2.45, 2.75) is 0 Å². The van der Waals surface area contributed by atoms with Gasteiger partial charge in [-0.1, -0.05) is 54.6 Å². The highest BCUT2D eigenvalue weighted by Crippen LogP contribution is 2.29. The van der Waals surface area contributed by atoms with Crippen LogP contribution in [0.15, 0.2) is 78.9 Å². The van der Waals surface area contributed by atoms with Gasteiger partial charge in [-0.2, -0.15) is 0 Å². The summed E-state index contributed by atoms with van der Waals surface area (Å²) in [7, 11) is 0. The summed E-state index contributed by atoms with van der Waals surface area (Å²) in [5.41, 5.74) is 1.79. The molecular formula is C21H15NO5. The number of esters is 1. The lowest BCUT2D eigenvalue weighted by Crippen LogP contribution is -2.14. The second-order valence-electron chi connectivity index (χ2n) is 5.72. The minimum Gasteiger partial charge on any atom is -0.454 e. The zero-order valence-electron chi connectivity index (χ0n) is 14.2. The third kappa shape index (κ3) is 4.24. The van der Waals surface area contributed by atoms with Crippen molar-refractivity contribution in [2.75, 3.05) is 6.61 Å². The number of para-hydroxylation sites is 1. The number of carbonyl (C=O) groups excluding carboxylic acids is 2. The smallest absolute Gasteiger partial charge is 0.338 e. The number of Topliss-reactive ketones (excluding diaryl/α,β-unsaturated/α-hetero) is 1. The van der Waals surface area contributed by atoms with Crippen molar-refractivity contribution < 1.29 is 19.2 Å². The van der Waals surface area contributed by atoms with Crippen LogP contribution in [0, 0.1) is 10.1 Å². The molecule has 27 heavy (non-hydrogen) atoms. The normalized spacial score (nSPS) is 10.2. The Kier molecular flexibility index (Phi) is 5.37. The van der Waals surface area contributed by atoms with Gasteiger partial charge in [0.25, 0.3) is 5.69 Å². The van der Waals surface area contributed by atoms with Crippen LogP contribution in [0.4, 0.5) is 5.69 Å². The minimum atomic E-state index is -0.631. The molecule has 0 saturated carbocycles. The highest BCUT2D eigenvalue weighted by Gasteiger charge is 2.15. The number of nitro groups is 1. The van der Waals surface area contributed by atoms with Gasteiger partial charge in [-0.3, -0.25) is 14.9 Å². The maximum Gasteiger partial charge on any atom is 0.338 e. The number of carbonyl (C=O) groups is 2. The molecule has 0 aliphatic rings. The molecule has 0 radical (unpaired) electrons. The molecule has 0 saturated heterocycles. The molecule has 134 valence electrons. The van der Waals surface area contributed by atoms with E-state index in [2.05, 4.69) is 0 Å². The lowest BCUT2D eigenvalue weighted by atomic mass is 10.0. The first kappa shape index (κ1) is 18.0. The summed E-state index contributed by atoms with van der Waals surface area (Å²) in [5.74, 6) is -0.922. The Morgan fingerprint density at radius 3 is 2.11 bits per heavy atom. The zero-order valence-corrected chi connectivity index (χ0v) is 14.2. The molecule has 0 unspecified atom stereocenters. The van der Waals surface area contributed by atoms with E-state index in [0.717, 1.165) is 0 Å². The number of ketones is 1. The minimum absolute atomic E-state index is 0.0127. The molecule has 0 bridgehead atoms. The zero-order chi connectivity index (χ0) is 19.2. The van der Waals surface area contributed by atoms with Gasteiger partial charge in [-0.25, -0.2) is 4.79 Å². The molecule has 6 heteroatoms. The van der Waals surface area contributed by atoms with Crippen LogP contribution in [-0.4, -0.2) is 23.3 Å². The molecule has 6 nitrogen and oxygen atoms in total. The number of hydrogen-bond acceptors (Lipinski definition) is 5. The van der Waals surface area contributed by atoms with E-state index in [1.165, 1.54) is 18.2 Å². The summed E-state index contributed by atoms with van der Waals surface area (Å²) in [4.78, 5) is 34.8. The summed E-state index contributed by atoms with van der Waals surface area (Å²) in [6, 6.07) is 21.2. The molecule has 0 heterocycles. The van der Waals surface area contributed by atoms with E-state index >= 15 is 0 Å². The average molecular weight is 361 g/mol. The van der Waals surface area contributed by atoms with Gasteiger partial charge in [0.1, 0.15) is 0 Å². The highest BCUT2D eigenvalue weighted by molar-refractivity contribution is 5.99. The first-order valence-corrected chi connectivity index (χ1v) is 8.15. The van der Waals surface area contributed by atoms with Crippen molar-refractivity contribution >= 4 is 17.4 Å². The van der Waals surface area contributed by atoms with E-state index in [0.29, 0.717) is 16.7 Å². The molecule has 3 aromatic rings. The lowest BCUT2D eigenvalue weighted by molar-refractivity contribution is -0.384. The standard InChI is InChI=1S/C21H15NO5/c23-20(16-6-2-1-3-7-16)14-27-21(24)17-12-10-15(11-13-17)18-8-4-5-9-19(18)22(25)26/h1-13H,14H2. The Morgan fingerprint density at radius 2 is 1.44 bits per heavy atom. The van der Waals surface area contributed by atoms with Crippen molar-refractivity contribution in [1.29, 1.82) is 0 Å². The Morgan fingerprint density at radius 1 is 0.815 bits per heavy atom. The van der Waals surface area contributed by atoms with Crippen LogP contribution < -0.4 is 0 Å². The first-order chi connectivity index (χ1) is 13.1. The molecule has 0 spiro atoms. The van der Waals surface area contributed by atoms with Crippen LogP contribution in [0.25, 0.3) is 11.1 Å². The van der Waals surface area contributed by atoms with E-state index in [-0.39, 0.29) is 23.6 Å². The Balaban J connectivity index is 1.69. The van der Waals surface area contributed by atoms with Gasteiger partial charge < -0.3 is 4.74 Å². The number of nitrogens with zero attached hydrogens (tertiary/aromatic N) is 1. The molecular weight excluding hydrogens is 346 g/mol. The van der Waals surface area contributed by atoms with Crippen molar-refractivity contribution in [1.82, 2.24) is 0 Å². The number of rotatable bonds is 6. The van der Waals surface area contributed by atoms with E-state index < -0.39 is 10.9 Å². The fourth-order valence-electron chi connectivity index (χ4n) is 2.58. The van der Waals surface area contributed by atoms with Gasteiger partial charge in [0.2, 0.25) is 0 Å². The monoisotopic (exact) mass is 361 g/mol. The fraction of sp³-hybridized carbons (Fsp3) is 0.0476. The maximum absolute atomic E-state index is 12.1. The second kappa shape index (κ2) is 8.05. The van der Waals surface area contributed by atoms with Gasteiger partial charge in [0.05, 0.1) is 16.1 Å². The molecule has 0 aromatic heterocycles. The van der Waals surface area contributed by atoms with Crippen molar-refractivity contribution in [3.63, 3.8) is 0 Å². The van der Waals surface area contributed by atoms with Crippen LogP contribution in [-0.2, 0) is 4.74 Å². The van der Waals surface area contributed by atoms with Gasteiger partial charge in [0.15, 0.2) is 12.4 Å². The number of ether oxygens (including phenoxy) is 1. The predicted molar refractivity (Wildman–Crippen MR) is 99.6 cm³/mol. The highest BCUT2D eigenvalue weighted by atomic mass is 16.6.